The Bertz CT molecular complexity index is 963. The van der Waals surface area contributed by atoms with Crippen LogP contribution >= 0.6 is 0 Å². The summed E-state index contributed by atoms with van der Waals surface area (Å²) in [6, 6.07) is 3.82. The summed E-state index contributed by atoms with van der Waals surface area (Å²) >= 11 is 0. The highest BCUT2D eigenvalue weighted by Gasteiger charge is 2.22. The Hall–Kier alpha value is -2.50. The summed E-state index contributed by atoms with van der Waals surface area (Å²) in [6.07, 6.45) is 4.89. The van der Waals surface area contributed by atoms with Gasteiger partial charge in [0.2, 0.25) is 0 Å². The fraction of sp³-hybridized carbons (Fsp3) is 0.450. The lowest BCUT2D eigenvalue weighted by Gasteiger charge is -2.34. The first-order valence-corrected chi connectivity index (χ1v) is 11.5. The average molecular weight is 452 g/mol. The van der Waals surface area contributed by atoms with Crippen molar-refractivity contribution in [2.75, 3.05) is 30.8 Å². The number of nitrogens with two attached hydrogens (primary N) is 1. The Morgan fingerprint density at radius 3 is 3.03 bits per heavy atom. The summed E-state index contributed by atoms with van der Waals surface area (Å²) in [6.45, 7) is 2.64. The fourth-order valence-corrected chi connectivity index (χ4v) is 3.95. The quantitative estimate of drug-likeness (QED) is 0.436. The third kappa shape index (κ3) is 6.49. The third-order valence-corrected chi connectivity index (χ3v) is 5.63. The van der Waals surface area contributed by atoms with Gasteiger partial charge in [-0.1, -0.05) is 0 Å². The molecule has 1 fully saturated rings. The van der Waals surface area contributed by atoms with E-state index in [-0.39, 0.29) is 6.54 Å². The van der Waals surface area contributed by atoms with Crippen molar-refractivity contribution < 1.29 is 13.0 Å². The molecule has 0 aliphatic carbocycles. The molecule has 8 nitrogen and oxygen atoms in total. The molecule has 0 saturated carbocycles. The van der Waals surface area contributed by atoms with Gasteiger partial charge in [-0.25, -0.2) is 27.7 Å². The van der Waals surface area contributed by atoms with Crippen LogP contribution in [-0.2, 0) is 17.5 Å². The normalized spacial score (nSPS) is 18.1. The molecule has 2 aromatic heterocycles. The first-order chi connectivity index (χ1) is 14.9. The predicted octanol–water partition coefficient (Wildman–Crippen LogP) is 2.33. The molecule has 1 aliphatic heterocycles. The van der Waals surface area contributed by atoms with Gasteiger partial charge in [-0.2, -0.15) is 0 Å². The lowest BCUT2D eigenvalue weighted by molar-refractivity contribution is 0.226. The Morgan fingerprint density at radius 1 is 1.52 bits per heavy atom. The van der Waals surface area contributed by atoms with Crippen molar-refractivity contribution in [1.82, 2.24) is 19.7 Å². The number of H-pyrrole nitrogens is 1. The molecule has 2 atom stereocenters. The molecule has 2 unspecified atom stereocenters. The van der Waals surface area contributed by atoms with E-state index in [1.165, 1.54) is 6.08 Å². The van der Waals surface area contributed by atoms with Crippen LogP contribution < -0.4 is 15.4 Å². The Labute approximate surface area is 182 Å². The van der Waals surface area contributed by atoms with Gasteiger partial charge in [0, 0.05) is 38.0 Å². The minimum atomic E-state index is -2.82. The van der Waals surface area contributed by atoms with Gasteiger partial charge in [0.25, 0.3) is 6.43 Å². The van der Waals surface area contributed by atoms with Crippen molar-refractivity contribution >= 4 is 28.6 Å². The molecule has 3 heterocycles. The molecule has 0 amide bonds. The highest BCUT2D eigenvalue weighted by molar-refractivity contribution is 7.82. The predicted molar refractivity (Wildman–Crippen MR) is 119 cm³/mol. The molecular formula is C20H27F2N7OS. The number of anilines is 1. The lowest BCUT2D eigenvalue weighted by atomic mass is 9.98. The molecule has 31 heavy (non-hydrogen) atoms. The van der Waals surface area contributed by atoms with Crippen molar-refractivity contribution in [3.63, 3.8) is 0 Å². The van der Waals surface area contributed by atoms with Crippen molar-refractivity contribution in [2.24, 2.45) is 11.7 Å². The van der Waals surface area contributed by atoms with Gasteiger partial charge in [0.15, 0.2) is 0 Å². The lowest BCUT2D eigenvalue weighted by Crippen LogP contribution is -2.40. The zero-order chi connectivity index (χ0) is 22.4. The Balaban J connectivity index is 1.80. The van der Waals surface area contributed by atoms with Crippen molar-refractivity contribution in [3.8, 4) is 11.3 Å². The summed E-state index contributed by atoms with van der Waals surface area (Å²) in [5.41, 5.74) is 7.37. The zero-order valence-electron chi connectivity index (χ0n) is 17.3. The largest absolute Gasteiger partial charge is 0.356 e. The Morgan fingerprint density at radius 2 is 2.32 bits per heavy atom. The number of rotatable bonds is 9. The van der Waals surface area contributed by atoms with E-state index in [1.54, 1.807) is 12.5 Å². The molecule has 1 aliphatic rings. The maximum atomic E-state index is 12.5. The SMILES string of the molecule is CS(=O)NCC1CCCN(c2cc(-c3cnc(/C=C\C(=N)C(F)F)[nH]3)cc(CN)n2)C1. The van der Waals surface area contributed by atoms with Crippen molar-refractivity contribution in [1.29, 1.82) is 5.41 Å². The standard InChI is InChI=1S/C20H27F2N7OS/c1-31(30)26-10-13-3-2-6-29(12-13)19-8-14(7-15(9-23)27-19)17-11-25-18(28-17)5-4-16(24)20(21)22/h4-5,7-8,11,13,20,24,26H,2-3,6,9-10,12,23H2,1H3,(H,25,28)/b5-4-,24-16?. The number of hydrogen-bond acceptors (Lipinski definition) is 6. The second-order valence-electron chi connectivity index (χ2n) is 7.44. The van der Waals surface area contributed by atoms with Gasteiger partial charge in [-0.15, -0.1) is 0 Å². The van der Waals surface area contributed by atoms with Gasteiger partial charge in [0.1, 0.15) is 11.6 Å². The number of hydrogen-bond donors (Lipinski definition) is 4. The summed E-state index contributed by atoms with van der Waals surface area (Å²) < 4.78 is 39.3. The molecule has 2 aromatic rings. The van der Waals surface area contributed by atoms with Gasteiger partial charge in [-0.3, -0.25) is 5.41 Å². The topological polar surface area (TPSA) is 124 Å². The molecular weight excluding hydrogens is 424 g/mol. The number of aromatic nitrogens is 3. The number of halogens is 2. The molecule has 0 aromatic carbocycles. The molecule has 5 N–H and O–H groups in total. The van der Waals surface area contributed by atoms with E-state index in [0.29, 0.717) is 24.0 Å². The van der Waals surface area contributed by atoms with Gasteiger partial charge in [-0.05, 0) is 43.0 Å². The van der Waals surface area contributed by atoms with Crippen LogP contribution in [0.4, 0.5) is 14.6 Å². The van der Waals surface area contributed by atoms with Crippen LogP contribution in [0.3, 0.4) is 0 Å². The highest BCUT2D eigenvalue weighted by atomic mass is 32.2. The van der Waals surface area contributed by atoms with Crippen LogP contribution in [0.1, 0.15) is 24.4 Å². The van der Waals surface area contributed by atoms with Crippen molar-refractivity contribution in [2.45, 2.75) is 25.8 Å². The Kier molecular flexibility index (Phi) is 7.99. The first kappa shape index (κ1) is 23.2. The minimum Gasteiger partial charge on any atom is -0.356 e. The summed E-state index contributed by atoms with van der Waals surface area (Å²) in [7, 11) is -1.03. The second-order valence-corrected chi connectivity index (χ2v) is 8.63. The molecule has 0 spiro atoms. The van der Waals surface area contributed by atoms with E-state index < -0.39 is 23.1 Å². The first-order valence-electron chi connectivity index (χ1n) is 9.98. The summed E-state index contributed by atoms with van der Waals surface area (Å²) in [4.78, 5) is 14.1. The van der Waals surface area contributed by atoms with Gasteiger partial charge < -0.3 is 15.6 Å². The van der Waals surface area contributed by atoms with E-state index in [1.807, 2.05) is 12.1 Å². The van der Waals surface area contributed by atoms with E-state index in [9.17, 15) is 13.0 Å². The number of piperidine rings is 1. The smallest absolute Gasteiger partial charge is 0.279 e. The number of allylic oxidation sites excluding steroid dienone is 1. The van der Waals surface area contributed by atoms with E-state index in [4.69, 9.17) is 11.1 Å². The number of imidazole rings is 1. The van der Waals surface area contributed by atoms with Crippen molar-refractivity contribution in [3.05, 3.63) is 35.9 Å². The van der Waals surface area contributed by atoms with Crippen LogP contribution in [0, 0.1) is 11.3 Å². The average Bonchev–Trinajstić information content (AvgIpc) is 3.25. The monoisotopic (exact) mass is 451 g/mol. The van der Waals surface area contributed by atoms with Crippen LogP contribution in [0.15, 0.2) is 24.4 Å². The van der Waals surface area contributed by atoms with E-state index >= 15 is 0 Å². The number of aromatic amines is 1. The molecule has 11 heteroatoms. The molecule has 3 rings (SSSR count). The van der Waals surface area contributed by atoms with Crippen LogP contribution in [0.5, 0.6) is 0 Å². The second kappa shape index (κ2) is 10.7. The number of nitrogens with one attached hydrogen (secondary N) is 3. The molecule has 0 bridgehead atoms. The van der Waals surface area contributed by atoms with Gasteiger partial charge in [0.05, 0.1) is 34.3 Å². The number of nitrogens with zero attached hydrogens (tertiary/aromatic N) is 3. The van der Waals surface area contributed by atoms with Gasteiger partial charge >= 0.3 is 0 Å². The maximum Gasteiger partial charge on any atom is 0.279 e. The third-order valence-electron chi connectivity index (χ3n) is 5.05. The fourth-order valence-electron chi connectivity index (χ4n) is 3.48. The van der Waals surface area contributed by atoms with Crippen LogP contribution in [0.25, 0.3) is 17.3 Å². The highest BCUT2D eigenvalue weighted by Crippen LogP contribution is 2.27. The molecule has 1 saturated heterocycles. The van der Waals surface area contributed by atoms with Crippen LogP contribution in [-0.4, -0.2) is 57.2 Å². The minimum absolute atomic E-state index is 0.279. The van der Waals surface area contributed by atoms with E-state index in [2.05, 4.69) is 24.6 Å². The number of pyridine rings is 1. The van der Waals surface area contributed by atoms with Crippen LogP contribution in [0.2, 0.25) is 0 Å². The molecule has 0 radical (unpaired) electrons. The van der Waals surface area contributed by atoms with E-state index in [0.717, 1.165) is 49.1 Å². The zero-order valence-corrected chi connectivity index (χ0v) is 18.1. The summed E-state index contributed by atoms with van der Waals surface area (Å²) in [5.74, 6) is 1.56. The maximum absolute atomic E-state index is 12.5. The number of alkyl halides is 2. The molecule has 168 valence electrons. The summed E-state index contributed by atoms with van der Waals surface area (Å²) in [5, 5.41) is 7.20.